The van der Waals surface area contributed by atoms with Crippen molar-refractivity contribution in [3.8, 4) is 22.6 Å². The van der Waals surface area contributed by atoms with Gasteiger partial charge in [-0.25, -0.2) is 0 Å². The largest absolute Gasteiger partial charge is 0.861 e. The van der Waals surface area contributed by atoms with Crippen molar-refractivity contribution in [1.29, 1.82) is 0 Å². The van der Waals surface area contributed by atoms with E-state index in [1.54, 1.807) is 11.4 Å². The zero-order valence-electron chi connectivity index (χ0n) is 20.5. The maximum absolute atomic E-state index is 12.3. The molecule has 0 bridgehead atoms. The van der Waals surface area contributed by atoms with Gasteiger partial charge in [-0.05, 0) is 83.6 Å². The topological polar surface area (TPSA) is 88.0 Å². The SMILES string of the molecule is Cc1cccc(OCCCOc2cccc(-c3ccccc3CC/C([O-])=N/S(=O)(=O)c3cccs3)c2)c1. The number of rotatable bonds is 12. The average Bonchev–Trinajstić information content (AvgIpc) is 3.44. The number of sulfonamides is 1. The molecule has 0 aliphatic carbocycles. The molecule has 1 heterocycles. The Morgan fingerprint density at radius 2 is 1.62 bits per heavy atom. The van der Waals surface area contributed by atoms with Gasteiger partial charge in [0.15, 0.2) is 0 Å². The molecule has 0 spiro atoms. The summed E-state index contributed by atoms with van der Waals surface area (Å²) in [5.41, 5.74) is 4.01. The molecule has 1 aromatic heterocycles. The maximum atomic E-state index is 12.3. The normalized spacial score (nSPS) is 11.9. The minimum atomic E-state index is -3.95. The highest BCUT2D eigenvalue weighted by molar-refractivity contribution is 7.92. The van der Waals surface area contributed by atoms with E-state index in [0.717, 1.165) is 51.5 Å². The number of nitrogens with zero attached hydrogens (tertiary/aromatic N) is 1. The van der Waals surface area contributed by atoms with Crippen LogP contribution < -0.4 is 14.6 Å². The summed E-state index contributed by atoms with van der Waals surface area (Å²) in [6, 6.07) is 26.6. The summed E-state index contributed by atoms with van der Waals surface area (Å²) in [5, 5.41) is 14.0. The molecule has 0 unspecified atom stereocenters. The van der Waals surface area contributed by atoms with Gasteiger partial charge in [-0.15, -0.1) is 11.3 Å². The first kappa shape index (κ1) is 26.4. The van der Waals surface area contributed by atoms with E-state index in [4.69, 9.17) is 9.47 Å². The van der Waals surface area contributed by atoms with Gasteiger partial charge in [0, 0.05) is 6.42 Å². The monoisotopic (exact) mass is 534 g/mol. The molecule has 6 nitrogen and oxygen atoms in total. The van der Waals surface area contributed by atoms with Gasteiger partial charge >= 0.3 is 0 Å². The Morgan fingerprint density at radius 3 is 2.35 bits per heavy atom. The van der Waals surface area contributed by atoms with Gasteiger partial charge in [0.1, 0.15) is 15.7 Å². The third-order valence-electron chi connectivity index (χ3n) is 5.56. The Kier molecular flexibility index (Phi) is 8.98. The molecule has 0 aliphatic heterocycles. The van der Waals surface area contributed by atoms with Crippen LogP contribution in [0.4, 0.5) is 0 Å². The van der Waals surface area contributed by atoms with E-state index in [1.807, 2.05) is 79.7 Å². The lowest BCUT2D eigenvalue weighted by Crippen LogP contribution is -2.20. The summed E-state index contributed by atoms with van der Waals surface area (Å²) < 4.78 is 39.8. The molecule has 0 fully saturated rings. The van der Waals surface area contributed by atoms with E-state index in [9.17, 15) is 13.5 Å². The van der Waals surface area contributed by atoms with E-state index in [-0.39, 0.29) is 10.6 Å². The van der Waals surface area contributed by atoms with Gasteiger partial charge < -0.3 is 14.6 Å². The highest BCUT2D eigenvalue weighted by atomic mass is 32.2. The molecule has 37 heavy (non-hydrogen) atoms. The van der Waals surface area contributed by atoms with Crippen molar-refractivity contribution in [3.05, 3.63) is 101 Å². The van der Waals surface area contributed by atoms with Gasteiger partial charge in [0.25, 0.3) is 10.0 Å². The molecular formula is C29H28NO5S2-. The van der Waals surface area contributed by atoms with Crippen LogP contribution in [0.25, 0.3) is 11.1 Å². The first-order valence-corrected chi connectivity index (χ1v) is 14.3. The number of hydrogen-bond donors (Lipinski definition) is 0. The highest BCUT2D eigenvalue weighted by Crippen LogP contribution is 2.28. The third-order valence-corrected chi connectivity index (χ3v) is 8.23. The summed E-state index contributed by atoms with van der Waals surface area (Å²) >= 11 is 1.04. The van der Waals surface area contributed by atoms with Crippen LogP contribution in [-0.4, -0.2) is 27.5 Å². The van der Waals surface area contributed by atoms with E-state index < -0.39 is 15.9 Å². The zero-order chi connectivity index (χ0) is 26.1. The smallest absolute Gasteiger partial charge is 0.290 e. The minimum Gasteiger partial charge on any atom is -0.861 e. The van der Waals surface area contributed by atoms with E-state index in [2.05, 4.69) is 4.40 Å². The summed E-state index contributed by atoms with van der Waals surface area (Å²) in [6.07, 6.45) is 1.12. The fourth-order valence-electron chi connectivity index (χ4n) is 3.79. The Hall–Kier alpha value is -3.62. The molecule has 4 rings (SSSR count). The van der Waals surface area contributed by atoms with Crippen molar-refractivity contribution in [1.82, 2.24) is 0 Å². The molecule has 0 radical (unpaired) electrons. The number of ether oxygens (including phenoxy) is 2. The van der Waals surface area contributed by atoms with Crippen LogP contribution in [0.5, 0.6) is 11.5 Å². The summed E-state index contributed by atoms with van der Waals surface area (Å²) in [6.45, 7) is 3.12. The molecule has 0 saturated heterocycles. The van der Waals surface area contributed by atoms with Crippen LogP contribution in [0.15, 0.2) is 98.9 Å². The van der Waals surface area contributed by atoms with Crippen LogP contribution in [0, 0.1) is 6.92 Å². The van der Waals surface area contributed by atoms with Crippen molar-refractivity contribution in [2.45, 2.75) is 30.4 Å². The fraction of sp³-hybridized carbons (Fsp3) is 0.207. The lowest BCUT2D eigenvalue weighted by molar-refractivity contribution is -0.218. The number of aryl methyl sites for hydroxylation is 2. The molecule has 0 aliphatic rings. The van der Waals surface area contributed by atoms with Gasteiger partial charge in [0.2, 0.25) is 0 Å². The van der Waals surface area contributed by atoms with Gasteiger partial charge in [-0.1, -0.05) is 54.6 Å². The summed E-state index contributed by atoms with van der Waals surface area (Å²) in [7, 11) is -3.95. The number of benzene rings is 3. The van der Waals surface area contributed by atoms with Gasteiger partial charge in [0.05, 0.1) is 13.2 Å². The number of hydrogen-bond acceptors (Lipinski definition) is 6. The van der Waals surface area contributed by atoms with Crippen LogP contribution in [0.1, 0.15) is 24.0 Å². The van der Waals surface area contributed by atoms with Crippen LogP contribution in [0.2, 0.25) is 0 Å². The zero-order valence-corrected chi connectivity index (χ0v) is 22.1. The first-order valence-electron chi connectivity index (χ1n) is 12.0. The van der Waals surface area contributed by atoms with Crippen molar-refractivity contribution in [2.24, 2.45) is 4.40 Å². The second-order valence-electron chi connectivity index (χ2n) is 8.44. The first-order chi connectivity index (χ1) is 17.9. The molecule has 0 saturated carbocycles. The standard InChI is InChI=1S/C29H29NO5S2/c1-22-8-4-11-25(20-22)34-17-7-18-35-26-12-5-10-24(21-26)27-13-3-2-9-23(27)15-16-28(31)30-37(32,33)29-14-6-19-36-29/h2-6,8-14,19-21H,7,15-18H2,1H3,(H,30,31)/p-1. The minimum absolute atomic E-state index is 0.00124. The Balaban J connectivity index is 1.35. The molecule has 192 valence electrons. The third kappa shape index (κ3) is 7.68. The second-order valence-corrected chi connectivity index (χ2v) is 11.2. The van der Waals surface area contributed by atoms with E-state index in [1.165, 1.54) is 6.07 Å². The maximum Gasteiger partial charge on any atom is 0.290 e. The van der Waals surface area contributed by atoms with Crippen LogP contribution >= 0.6 is 11.3 Å². The summed E-state index contributed by atoms with van der Waals surface area (Å²) in [5.74, 6) is 0.943. The lowest BCUT2D eigenvalue weighted by atomic mass is 9.96. The average molecular weight is 535 g/mol. The van der Waals surface area contributed by atoms with Crippen molar-refractivity contribution in [3.63, 3.8) is 0 Å². The highest BCUT2D eigenvalue weighted by Gasteiger charge is 2.13. The van der Waals surface area contributed by atoms with Gasteiger partial charge in [-0.2, -0.15) is 12.8 Å². The second kappa shape index (κ2) is 12.6. The molecule has 0 amide bonds. The Bertz CT molecular complexity index is 1450. The predicted molar refractivity (Wildman–Crippen MR) is 146 cm³/mol. The molecular weight excluding hydrogens is 506 g/mol. The lowest BCUT2D eigenvalue weighted by Gasteiger charge is -2.14. The predicted octanol–water partition coefficient (Wildman–Crippen LogP) is 5.65. The molecule has 0 N–H and O–H groups in total. The van der Waals surface area contributed by atoms with E-state index >= 15 is 0 Å². The Morgan fingerprint density at radius 1 is 0.892 bits per heavy atom. The van der Waals surface area contributed by atoms with Gasteiger partial charge in [-0.3, -0.25) is 0 Å². The van der Waals surface area contributed by atoms with Crippen molar-refractivity contribution in [2.75, 3.05) is 13.2 Å². The fourth-order valence-corrected chi connectivity index (χ4v) is 5.71. The van der Waals surface area contributed by atoms with Crippen LogP contribution in [0.3, 0.4) is 0 Å². The quantitative estimate of drug-likeness (QED) is 0.133. The molecule has 3 aromatic carbocycles. The van der Waals surface area contributed by atoms with Crippen molar-refractivity contribution < 1.29 is 23.0 Å². The van der Waals surface area contributed by atoms with Crippen molar-refractivity contribution >= 4 is 27.3 Å². The number of thiophene rings is 1. The molecule has 8 heteroatoms. The summed E-state index contributed by atoms with van der Waals surface area (Å²) in [4.78, 5) is 0. The molecule has 4 aromatic rings. The Labute approximate surface area is 221 Å². The van der Waals surface area contributed by atoms with E-state index in [0.29, 0.717) is 19.6 Å². The van der Waals surface area contributed by atoms with Crippen LogP contribution in [-0.2, 0) is 16.4 Å². The molecule has 0 atom stereocenters.